The van der Waals surface area contributed by atoms with Gasteiger partial charge in [-0.25, -0.2) is 4.79 Å². The van der Waals surface area contributed by atoms with Crippen LogP contribution in [-0.4, -0.2) is 22.9 Å². The van der Waals surface area contributed by atoms with Crippen molar-refractivity contribution in [2.45, 2.75) is 0 Å². The lowest BCUT2D eigenvalue weighted by Gasteiger charge is -2.09. The molecule has 0 fully saturated rings. The van der Waals surface area contributed by atoms with Crippen LogP contribution in [0.25, 0.3) is 11.3 Å². The molecule has 1 aromatic heterocycles. The standard InChI is InChI=1S/C12H8Br2ClNO3/c1-19-16-10(6-2-4-7(15)5-3-6)9(13)8(11(16)14)12(17)18/h2-5H,1H3,(H,17,18). The van der Waals surface area contributed by atoms with Gasteiger partial charge in [-0.05, 0) is 44.0 Å². The molecular formula is C12H8Br2ClNO3. The van der Waals surface area contributed by atoms with Gasteiger partial charge in [0.2, 0.25) is 0 Å². The molecule has 0 bridgehead atoms. The minimum atomic E-state index is -1.05. The van der Waals surface area contributed by atoms with Gasteiger partial charge in [0.25, 0.3) is 0 Å². The summed E-state index contributed by atoms with van der Waals surface area (Å²) >= 11 is 12.4. The largest absolute Gasteiger partial charge is 0.478 e. The number of aromatic carboxylic acids is 1. The van der Waals surface area contributed by atoms with E-state index in [1.807, 2.05) is 0 Å². The van der Waals surface area contributed by atoms with Crippen LogP contribution >= 0.6 is 43.5 Å². The molecule has 0 unspecified atom stereocenters. The molecule has 2 aromatic rings. The topological polar surface area (TPSA) is 51.5 Å². The van der Waals surface area contributed by atoms with E-state index in [1.165, 1.54) is 11.8 Å². The Bertz CT molecular complexity index is 637. The van der Waals surface area contributed by atoms with Gasteiger partial charge in [-0.2, -0.15) is 4.73 Å². The molecule has 0 saturated carbocycles. The third-order valence-electron chi connectivity index (χ3n) is 2.53. The van der Waals surface area contributed by atoms with E-state index in [0.717, 1.165) is 5.56 Å². The fourth-order valence-corrected chi connectivity index (χ4v) is 3.53. The third-order valence-corrected chi connectivity index (χ3v) is 4.27. The minimum Gasteiger partial charge on any atom is -0.478 e. The molecule has 0 spiro atoms. The molecule has 1 N–H and O–H groups in total. The monoisotopic (exact) mass is 407 g/mol. The Kier molecular flexibility index (Phi) is 4.23. The zero-order valence-electron chi connectivity index (χ0n) is 9.65. The molecule has 100 valence electrons. The molecule has 0 aliphatic heterocycles. The molecule has 0 amide bonds. The van der Waals surface area contributed by atoms with Crippen molar-refractivity contribution in [2.75, 3.05) is 7.11 Å². The van der Waals surface area contributed by atoms with E-state index in [9.17, 15) is 9.90 Å². The first-order valence-electron chi connectivity index (χ1n) is 5.10. The number of nitrogens with zero attached hydrogens (tertiary/aromatic N) is 1. The fraction of sp³-hybridized carbons (Fsp3) is 0.0833. The molecule has 1 aromatic carbocycles. The van der Waals surface area contributed by atoms with Crippen molar-refractivity contribution in [3.63, 3.8) is 0 Å². The van der Waals surface area contributed by atoms with E-state index in [2.05, 4.69) is 31.9 Å². The maximum atomic E-state index is 11.3. The maximum absolute atomic E-state index is 11.3. The quantitative estimate of drug-likeness (QED) is 0.831. The molecule has 0 aliphatic rings. The Balaban J connectivity index is 2.72. The molecule has 0 saturated heterocycles. The van der Waals surface area contributed by atoms with E-state index < -0.39 is 5.97 Å². The lowest BCUT2D eigenvalue weighted by atomic mass is 10.1. The second-order valence-electron chi connectivity index (χ2n) is 3.62. The summed E-state index contributed by atoms with van der Waals surface area (Å²) < 4.78 is 2.17. The number of halogens is 3. The zero-order chi connectivity index (χ0) is 14.2. The molecule has 0 radical (unpaired) electrons. The normalized spacial score (nSPS) is 10.5. The number of carbonyl (C=O) groups is 1. The van der Waals surface area contributed by atoms with Crippen molar-refractivity contribution in [2.24, 2.45) is 0 Å². The number of carboxylic acids is 1. The highest BCUT2D eigenvalue weighted by molar-refractivity contribution is 9.11. The van der Waals surface area contributed by atoms with Gasteiger partial charge in [0.1, 0.15) is 23.0 Å². The Morgan fingerprint density at radius 3 is 2.37 bits per heavy atom. The van der Waals surface area contributed by atoms with Crippen LogP contribution in [0.4, 0.5) is 0 Å². The average Bonchev–Trinajstić information content (AvgIpc) is 2.61. The summed E-state index contributed by atoms with van der Waals surface area (Å²) in [7, 11) is 1.46. The lowest BCUT2D eigenvalue weighted by Crippen LogP contribution is -2.08. The van der Waals surface area contributed by atoms with E-state index in [-0.39, 0.29) is 5.56 Å². The summed E-state index contributed by atoms with van der Waals surface area (Å²) in [5.41, 5.74) is 1.49. The first-order valence-corrected chi connectivity index (χ1v) is 7.07. The van der Waals surface area contributed by atoms with Gasteiger partial charge in [-0.1, -0.05) is 23.7 Å². The highest BCUT2D eigenvalue weighted by atomic mass is 79.9. The van der Waals surface area contributed by atoms with Gasteiger partial charge in [-0.15, -0.1) is 0 Å². The molecule has 19 heavy (non-hydrogen) atoms. The molecule has 0 aliphatic carbocycles. The van der Waals surface area contributed by atoms with Gasteiger partial charge >= 0.3 is 5.97 Å². The van der Waals surface area contributed by atoms with Crippen LogP contribution in [0.1, 0.15) is 10.4 Å². The predicted octanol–water partition coefficient (Wildman–Crippen LogP) is 4.09. The van der Waals surface area contributed by atoms with Crippen molar-refractivity contribution in [3.8, 4) is 11.3 Å². The van der Waals surface area contributed by atoms with E-state index in [4.69, 9.17) is 16.4 Å². The molecule has 1 heterocycles. The summed E-state index contributed by atoms with van der Waals surface area (Å²) in [6.07, 6.45) is 0. The van der Waals surface area contributed by atoms with E-state index >= 15 is 0 Å². The van der Waals surface area contributed by atoms with Crippen molar-refractivity contribution in [1.82, 2.24) is 4.73 Å². The van der Waals surface area contributed by atoms with Gasteiger partial charge in [0.05, 0.1) is 4.47 Å². The smallest absolute Gasteiger partial charge is 0.339 e. The van der Waals surface area contributed by atoms with Crippen LogP contribution in [0.5, 0.6) is 0 Å². The van der Waals surface area contributed by atoms with Crippen LogP contribution in [-0.2, 0) is 0 Å². The van der Waals surface area contributed by atoms with Gasteiger partial charge < -0.3 is 9.94 Å². The highest BCUT2D eigenvalue weighted by Crippen LogP contribution is 2.38. The molecule has 0 atom stereocenters. The summed E-state index contributed by atoms with van der Waals surface area (Å²) in [4.78, 5) is 16.5. The number of rotatable bonds is 3. The van der Waals surface area contributed by atoms with Crippen molar-refractivity contribution in [3.05, 3.63) is 43.9 Å². The zero-order valence-corrected chi connectivity index (χ0v) is 13.6. The number of carboxylic acid groups (broad SMARTS) is 1. The second kappa shape index (κ2) is 5.56. The minimum absolute atomic E-state index is 0.104. The van der Waals surface area contributed by atoms with Crippen molar-refractivity contribution >= 4 is 49.4 Å². The third kappa shape index (κ3) is 2.52. The van der Waals surface area contributed by atoms with Crippen LogP contribution in [0.15, 0.2) is 33.3 Å². The fourth-order valence-electron chi connectivity index (χ4n) is 1.70. The Labute approximate surface area is 131 Å². The maximum Gasteiger partial charge on any atom is 0.339 e. The Hall–Kier alpha value is -0.980. The lowest BCUT2D eigenvalue weighted by molar-refractivity contribution is 0.0692. The van der Waals surface area contributed by atoms with Gasteiger partial charge in [0.15, 0.2) is 0 Å². The van der Waals surface area contributed by atoms with Gasteiger partial charge in [0, 0.05) is 10.6 Å². The first kappa shape index (κ1) is 14.4. The number of hydrogen-bond acceptors (Lipinski definition) is 2. The van der Waals surface area contributed by atoms with Crippen molar-refractivity contribution < 1.29 is 14.7 Å². The van der Waals surface area contributed by atoms with Crippen molar-refractivity contribution in [1.29, 1.82) is 0 Å². The SMILES string of the molecule is COn1c(Br)c(C(=O)O)c(Br)c1-c1ccc(Cl)cc1. The second-order valence-corrected chi connectivity index (χ2v) is 5.60. The number of aromatic nitrogens is 1. The molecular weight excluding hydrogens is 401 g/mol. The summed E-state index contributed by atoms with van der Waals surface area (Å²) in [5, 5.41) is 9.83. The highest BCUT2D eigenvalue weighted by Gasteiger charge is 2.26. The van der Waals surface area contributed by atoms with E-state index in [1.54, 1.807) is 24.3 Å². The average molecular weight is 409 g/mol. The summed E-state index contributed by atoms with van der Waals surface area (Å²) in [5.74, 6) is -1.05. The Morgan fingerprint density at radius 1 is 1.32 bits per heavy atom. The summed E-state index contributed by atoms with van der Waals surface area (Å²) in [6.45, 7) is 0. The first-order chi connectivity index (χ1) is 8.97. The number of benzene rings is 1. The van der Waals surface area contributed by atoms with Crippen LogP contribution in [0.3, 0.4) is 0 Å². The van der Waals surface area contributed by atoms with Gasteiger partial charge in [-0.3, -0.25) is 0 Å². The number of hydrogen-bond donors (Lipinski definition) is 1. The predicted molar refractivity (Wildman–Crippen MR) is 79.7 cm³/mol. The molecule has 2 rings (SSSR count). The molecule has 4 nitrogen and oxygen atoms in total. The van der Waals surface area contributed by atoms with Crippen LogP contribution in [0, 0.1) is 0 Å². The Morgan fingerprint density at radius 2 is 1.89 bits per heavy atom. The van der Waals surface area contributed by atoms with Crippen LogP contribution < -0.4 is 4.84 Å². The molecule has 7 heteroatoms. The summed E-state index contributed by atoms with van der Waals surface area (Å²) in [6, 6.07) is 7.03. The van der Waals surface area contributed by atoms with E-state index in [0.29, 0.717) is 19.8 Å². The van der Waals surface area contributed by atoms with Crippen LogP contribution in [0.2, 0.25) is 5.02 Å².